The van der Waals surface area contributed by atoms with Gasteiger partial charge in [0.1, 0.15) is 5.82 Å². The Bertz CT molecular complexity index is 1620. The highest BCUT2D eigenvalue weighted by molar-refractivity contribution is 7.26. The number of fused-ring (bicyclic) bond motifs is 3. The number of nitrogens with zero attached hydrogens (tertiary/aromatic N) is 1. The number of halogens is 1. The zero-order valence-corrected chi connectivity index (χ0v) is 18.9. The molecule has 2 heterocycles. The predicted octanol–water partition coefficient (Wildman–Crippen LogP) is 8.90. The quantitative estimate of drug-likeness (QED) is 0.265. The third-order valence-corrected chi connectivity index (χ3v) is 7.33. The molecule has 0 radical (unpaired) electrons. The summed E-state index contributed by atoms with van der Waals surface area (Å²) in [5, 5.41) is 2.02. The second kappa shape index (κ2) is 7.95. The molecule has 4 aromatic carbocycles. The van der Waals surface area contributed by atoms with E-state index in [1.165, 1.54) is 5.56 Å². The van der Waals surface area contributed by atoms with E-state index in [9.17, 15) is 4.39 Å². The first-order chi connectivity index (χ1) is 16.2. The van der Waals surface area contributed by atoms with Crippen LogP contribution in [0.15, 0.2) is 103 Å². The zero-order chi connectivity index (χ0) is 22.4. The van der Waals surface area contributed by atoms with Crippen LogP contribution in [0.3, 0.4) is 0 Å². The molecule has 0 aliphatic heterocycles. The minimum Gasteiger partial charge on any atom is -0.256 e. The number of thiophene rings is 1. The first-order valence-electron chi connectivity index (χ1n) is 10.9. The molecule has 3 heteroatoms. The molecule has 0 fully saturated rings. The van der Waals surface area contributed by atoms with Crippen LogP contribution in [-0.4, -0.2) is 4.98 Å². The van der Waals surface area contributed by atoms with Crippen molar-refractivity contribution >= 4 is 31.5 Å². The molecule has 0 aliphatic carbocycles. The number of hydrogen-bond acceptors (Lipinski definition) is 2. The maximum absolute atomic E-state index is 14.7. The molecular weight excluding hydrogens is 425 g/mol. The number of pyridine rings is 1. The van der Waals surface area contributed by atoms with Gasteiger partial charge in [0.2, 0.25) is 0 Å². The Morgan fingerprint density at radius 1 is 0.667 bits per heavy atom. The summed E-state index contributed by atoms with van der Waals surface area (Å²) in [6.45, 7) is 2.12. The zero-order valence-electron chi connectivity index (χ0n) is 18.0. The fourth-order valence-corrected chi connectivity index (χ4v) is 5.67. The molecule has 0 atom stereocenters. The van der Waals surface area contributed by atoms with Crippen LogP contribution in [0.4, 0.5) is 4.39 Å². The van der Waals surface area contributed by atoms with E-state index >= 15 is 0 Å². The second-order valence-electron chi connectivity index (χ2n) is 8.26. The van der Waals surface area contributed by atoms with Crippen molar-refractivity contribution in [3.05, 3.63) is 115 Å². The number of aryl methyl sites for hydroxylation is 1. The Morgan fingerprint density at radius 3 is 2.06 bits per heavy atom. The van der Waals surface area contributed by atoms with Crippen molar-refractivity contribution in [2.75, 3.05) is 0 Å². The van der Waals surface area contributed by atoms with Crippen LogP contribution in [0.5, 0.6) is 0 Å². The summed E-state index contributed by atoms with van der Waals surface area (Å²) in [6, 6.07) is 32.2. The average Bonchev–Trinajstić information content (AvgIpc) is 3.22. The summed E-state index contributed by atoms with van der Waals surface area (Å²) in [6.07, 6.45) is 1.95. The molecule has 0 N–H and O–H groups in total. The van der Waals surface area contributed by atoms with Crippen molar-refractivity contribution in [1.29, 1.82) is 0 Å². The molecule has 0 saturated carbocycles. The van der Waals surface area contributed by atoms with E-state index in [0.29, 0.717) is 0 Å². The summed E-state index contributed by atoms with van der Waals surface area (Å²) in [7, 11) is 0. The van der Waals surface area contributed by atoms with Gasteiger partial charge in [-0.3, -0.25) is 4.98 Å². The number of aromatic nitrogens is 1. The Kier molecular flexibility index (Phi) is 4.78. The van der Waals surface area contributed by atoms with E-state index in [2.05, 4.69) is 43.3 Å². The third kappa shape index (κ3) is 3.51. The van der Waals surface area contributed by atoms with Crippen LogP contribution in [0.25, 0.3) is 53.7 Å². The number of rotatable bonds is 3. The molecular formula is C30H20FNS. The molecule has 0 amide bonds. The lowest BCUT2D eigenvalue weighted by atomic mass is 9.99. The fourth-order valence-electron chi connectivity index (χ4n) is 4.47. The summed E-state index contributed by atoms with van der Waals surface area (Å²) in [4.78, 5) is 4.77. The van der Waals surface area contributed by atoms with Crippen molar-refractivity contribution in [2.45, 2.75) is 6.92 Å². The summed E-state index contributed by atoms with van der Waals surface area (Å²) < 4.78 is 16.9. The van der Waals surface area contributed by atoms with E-state index in [0.717, 1.165) is 53.7 Å². The van der Waals surface area contributed by atoms with Gasteiger partial charge >= 0.3 is 0 Å². The van der Waals surface area contributed by atoms with Gasteiger partial charge in [-0.25, -0.2) is 4.39 Å². The van der Waals surface area contributed by atoms with Crippen LogP contribution in [0, 0.1) is 12.7 Å². The predicted molar refractivity (Wildman–Crippen MR) is 138 cm³/mol. The number of hydrogen-bond donors (Lipinski definition) is 0. The Balaban J connectivity index is 1.50. The Hall–Kier alpha value is -3.82. The Morgan fingerprint density at radius 2 is 1.36 bits per heavy atom. The van der Waals surface area contributed by atoms with Gasteiger partial charge in [-0.2, -0.15) is 0 Å². The van der Waals surface area contributed by atoms with Crippen LogP contribution >= 0.6 is 11.3 Å². The van der Waals surface area contributed by atoms with Crippen molar-refractivity contribution in [3.8, 4) is 33.5 Å². The highest BCUT2D eigenvalue weighted by Gasteiger charge is 2.14. The van der Waals surface area contributed by atoms with E-state index in [1.807, 2.05) is 54.7 Å². The molecule has 1 nitrogen and oxygen atoms in total. The second-order valence-corrected chi connectivity index (χ2v) is 9.31. The molecule has 2 aromatic heterocycles. The molecule has 6 rings (SSSR count). The van der Waals surface area contributed by atoms with Gasteiger partial charge in [0.25, 0.3) is 0 Å². The molecule has 0 spiro atoms. The minimum absolute atomic E-state index is 0.215. The average molecular weight is 446 g/mol. The molecule has 0 bridgehead atoms. The van der Waals surface area contributed by atoms with Gasteiger partial charge < -0.3 is 0 Å². The van der Waals surface area contributed by atoms with Crippen LogP contribution < -0.4 is 0 Å². The largest absolute Gasteiger partial charge is 0.256 e. The van der Waals surface area contributed by atoms with Crippen LogP contribution in [-0.2, 0) is 0 Å². The van der Waals surface area contributed by atoms with E-state index in [1.54, 1.807) is 23.5 Å². The van der Waals surface area contributed by atoms with Gasteiger partial charge in [-0.15, -0.1) is 11.3 Å². The third-order valence-electron chi connectivity index (χ3n) is 6.11. The maximum atomic E-state index is 14.7. The Labute approximate surface area is 195 Å². The SMILES string of the molecule is Cc1cc(-c2ccc3sc4c(-c5ccccc5)cc(F)cc4c3c2)ncc1-c1ccccc1. The first kappa shape index (κ1) is 19.8. The van der Waals surface area contributed by atoms with E-state index < -0.39 is 0 Å². The standard InChI is InChI=1S/C30H20FNS/c1-19-14-28(32-18-27(19)21-10-6-3-7-11-21)22-12-13-29-25(15-22)26-17-23(31)16-24(30(26)33-29)20-8-4-2-5-9-20/h2-18H,1H3. The van der Waals surface area contributed by atoms with Crippen molar-refractivity contribution in [3.63, 3.8) is 0 Å². The van der Waals surface area contributed by atoms with Crippen molar-refractivity contribution < 1.29 is 4.39 Å². The van der Waals surface area contributed by atoms with Crippen molar-refractivity contribution in [2.24, 2.45) is 0 Å². The summed E-state index contributed by atoms with van der Waals surface area (Å²) in [5.41, 5.74) is 7.41. The normalized spacial score (nSPS) is 11.3. The molecule has 158 valence electrons. The van der Waals surface area contributed by atoms with Crippen LogP contribution in [0.2, 0.25) is 0 Å². The van der Waals surface area contributed by atoms with E-state index in [4.69, 9.17) is 4.98 Å². The highest BCUT2D eigenvalue weighted by atomic mass is 32.1. The lowest BCUT2D eigenvalue weighted by molar-refractivity contribution is 0.630. The molecule has 0 unspecified atom stereocenters. The molecule has 6 aromatic rings. The number of benzene rings is 4. The first-order valence-corrected chi connectivity index (χ1v) is 11.7. The van der Waals surface area contributed by atoms with Gasteiger partial charge in [-0.05, 0) is 53.9 Å². The summed E-state index contributed by atoms with van der Waals surface area (Å²) in [5.74, 6) is -0.215. The lowest BCUT2D eigenvalue weighted by Crippen LogP contribution is -1.89. The van der Waals surface area contributed by atoms with Crippen molar-refractivity contribution in [1.82, 2.24) is 4.98 Å². The highest BCUT2D eigenvalue weighted by Crippen LogP contribution is 2.42. The lowest BCUT2D eigenvalue weighted by Gasteiger charge is -2.09. The monoisotopic (exact) mass is 445 g/mol. The minimum atomic E-state index is -0.215. The molecule has 33 heavy (non-hydrogen) atoms. The van der Waals surface area contributed by atoms with Crippen LogP contribution in [0.1, 0.15) is 5.56 Å². The smallest absolute Gasteiger partial charge is 0.124 e. The van der Waals surface area contributed by atoms with Gasteiger partial charge in [0.05, 0.1) is 5.69 Å². The maximum Gasteiger partial charge on any atom is 0.124 e. The van der Waals surface area contributed by atoms with E-state index in [-0.39, 0.29) is 5.82 Å². The molecule has 0 saturated heterocycles. The summed E-state index contributed by atoms with van der Waals surface area (Å²) >= 11 is 1.71. The van der Waals surface area contributed by atoms with Gasteiger partial charge in [0.15, 0.2) is 0 Å². The molecule has 0 aliphatic rings. The topological polar surface area (TPSA) is 12.9 Å². The van der Waals surface area contributed by atoms with Gasteiger partial charge in [0, 0.05) is 43.1 Å². The fraction of sp³-hybridized carbons (Fsp3) is 0.0333. The van der Waals surface area contributed by atoms with Gasteiger partial charge in [-0.1, -0.05) is 66.7 Å².